The first kappa shape index (κ1) is 15.7. The number of aliphatic carboxylic acids is 1. The highest BCUT2D eigenvalue weighted by molar-refractivity contribution is 5.81. The quantitative estimate of drug-likeness (QED) is 0.794. The van der Waals surface area contributed by atoms with Crippen molar-refractivity contribution in [1.29, 1.82) is 0 Å². The highest BCUT2D eigenvalue weighted by Gasteiger charge is 2.40. The van der Waals surface area contributed by atoms with Crippen LogP contribution in [0.4, 0.5) is 0 Å². The maximum absolute atomic E-state index is 11.8. The summed E-state index contributed by atoms with van der Waals surface area (Å²) < 4.78 is 0. The molecule has 0 aromatic heterocycles. The molecule has 3 nitrogen and oxygen atoms in total. The molecule has 0 fully saturated rings. The minimum Gasteiger partial charge on any atom is -0.481 e. The minimum absolute atomic E-state index is 0.134. The predicted molar refractivity (Wildman–Crippen MR) is 78.0 cm³/mol. The first-order chi connectivity index (χ1) is 8.92. The Morgan fingerprint density at radius 2 is 1.84 bits per heavy atom. The number of hydrogen-bond acceptors (Lipinski definition) is 2. The van der Waals surface area contributed by atoms with Crippen LogP contribution in [-0.2, 0) is 10.2 Å². The third-order valence-electron chi connectivity index (χ3n) is 3.65. The van der Waals surface area contributed by atoms with Crippen molar-refractivity contribution in [2.75, 3.05) is 6.54 Å². The largest absolute Gasteiger partial charge is 0.481 e. The van der Waals surface area contributed by atoms with E-state index >= 15 is 0 Å². The van der Waals surface area contributed by atoms with Crippen LogP contribution in [0, 0.1) is 11.8 Å². The Labute approximate surface area is 115 Å². The summed E-state index contributed by atoms with van der Waals surface area (Å²) in [7, 11) is 0. The van der Waals surface area contributed by atoms with Crippen molar-refractivity contribution in [3.63, 3.8) is 0 Å². The number of nitrogens with two attached hydrogens (primary N) is 1. The Bertz CT molecular complexity index is 402. The lowest BCUT2D eigenvalue weighted by atomic mass is 9.72. The molecule has 3 N–H and O–H groups in total. The zero-order valence-electron chi connectivity index (χ0n) is 12.1. The third kappa shape index (κ3) is 3.80. The number of carboxylic acids is 1. The molecular weight excluding hydrogens is 238 g/mol. The van der Waals surface area contributed by atoms with Crippen molar-refractivity contribution < 1.29 is 9.90 Å². The Balaban J connectivity index is 3.04. The number of hydrogen-bond donors (Lipinski definition) is 2. The third-order valence-corrected chi connectivity index (χ3v) is 3.65. The second kappa shape index (κ2) is 6.71. The van der Waals surface area contributed by atoms with Crippen molar-refractivity contribution in [3.8, 4) is 0 Å². The molecule has 2 unspecified atom stereocenters. The van der Waals surface area contributed by atoms with Crippen LogP contribution in [0.5, 0.6) is 0 Å². The van der Waals surface area contributed by atoms with Gasteiger partial charge in [0, 0.05) is 6.54 Å². The van der Waals surface area contributed by atoms with E-state index in [-0.39, 0.29) is 6.54 Å². The van der Waals surface area contributed by atoms with E-state index in [0.717, 1.165) is 12.0 Å². The lowest BCUT2D eigenvalue weighted by molar-refractivity contribution is -0.144. The van der Waals surface area contributed by atoms with Gasteiger partial charge in [0.2, 0.25) is 0 Å². The summed E-state index contributed by atoms with van der Waals surface area (Å²) in [5.74, 6) is 0.0757. The standard InChI is InChI=1S/C16H25NO2/c1-12(2)9-13(3)10-16(11-17,15(18)19)14-7-5-4-6-8-14/h4-8,12-13H,9-11,17H2,1-3H3,(H,18,19). The summed E-state index contributed by atoms with van der Waals surface area (Å²) >= 11 is 0. The van der Waals surface area contributed by atoms with Gasteiger partial charge in [0.15, 0.2) is 0 Å². The van der Waals surface area contributed by atoms with Gasteiger partial charge in [-0.25, -0.2) is 0 Å². The fraction of sp³-hybridized carbons (Fsp3) is 0.562. The zero-order valence-corrected chi connectivity index (χ0v) is 12.1. The van der Waals surface area contributed by atoms with Crippen molar-refractivity contribution in [1.82, 2.24) is 0 Å². The topological polar surface area (TPSA) is 63.3 Å². The van der Waals surface area contributed by atoms with Crippen LogP contribution in [0.1, 0.15) is 39.2 Å². The first-order valence-electron chi connectivity index (χ1n) is 6.91. The molecule has 0 saturated carbocycles. The van der Waals surface area contributed by atoms with E-state index in [4.69, 9.17) is 5.73 Å². The van der Waals surface area contributed by atoms with Gasteiger partial charge in [-0.15, -0.1) is 0 Å². The highest BCUT2D eigenvalue weighted by Crippen LogP contribution is 2.33. The van der Waals surface area contributed by atoms with E-state index in [1.165, 1.54) is 0 Å². The normalized spacial score (nSPS) is 16.1. The molecule has 0 bridgehead atoms. The van der Waals surface area contributed by atoms with Gasteiger partial charge in [-0.3, -0.25) is 4.79 Å². The molecule has 0 saturated heterocycles. The monoisotopic (exact) mass is 263 g/mol. The molecule has 0 aliphatic heterocycles. The molecule has 0 amide bonds. The lowest BCUT2D eigenvalue weighted by Crippen LogP contribution is -2.44. The van der Waals surface area contributed by atoms with Crippen LogP contribution >= 0.6 is 0 Å². The Hall–Kier alpha value is -1.35. The summed E-state index contributed by atoms with van der Waals surface area (Å²) in [4.78, 5) is 11.8. The minimum atomic E-state index is -0.963. The number of carbonyl (C=O) groups is 1. The first-order valence-corrected chi connectivity index (χ1v) is 6.91. The lowest BCUT2D eigenvalue weighted by Gasteiger charge is -2.31. The zero-order chi connectivity index (χ0) is 14.5. The summed E-state index contributed by atoms with van der Waals surface area (Å²) in [5.41, 5.74) is 5.68. The maximum Gasteiger partial charge on any atom is 0.315 e. The van der Waals surface area contributed by atoms with Gasteiger partial charge in [-0.2, -0.15) is 0 Å². The molecule has 106 valence electrons. The smallest absolute Gasteiger partial charge is 0.315 e. The predicted octanol–water partition coefficient (Wildman–Crippen LogP) is 3.04. The van der Waals surface area contributed by atoms with E-state index in [2.05, 4.69) is 20.8 Å². The number of rotatable bonds is 7. The molecule has 1 aromatic rings. The van der Waals surface area contributed by atoms with E-state index in [1.54, 1.807) is 0 Å². The van der Waals surface area contributed by atoms with Gasteiger partial charge < -0.3 is 10.8 Å². The van der Waals surface area contributed by atoms with Crippen molar-refractivity contribution in [2.24, 2.45) is 17.6 Å². The molecule has 19 heavy (non-hydrogen) atoms. The second-order valence-electron chi connectivity index (χ2n) is 5.90. The van der Waals surface area contributed by atoms with Crippen LogP contribution in [0.15, 0.2) is 30.3 Å². The number of benzene rings is 1. The van der Waals surface area contributed by atoms with Crippen molar-refractivity contribution >= 4 is 5.97 Å². The van der Waals surface area contributed by atoms with Crippen LogP contribution in [0.3, 0.4) is 0 Å². The molecule has 0 aliphatic rings. The van der Waals surface area contributed by atoms with Crippen LogP contribution in [0.25, 0.3) is 0 Å². The van der Waals surface area contributed by atoms with E-state index in [0.29, 0.717) is 18.3 Å². The average Bonchev–Trinajstić information content (AvgIpc) is 2.35. The Morgan fingerprint density at radius 3 is 2.26 bits per heavy atom. The average molecular weight is 263 g/mol. The van der Waals surface area contributed by atoms with Gasteiger partial charge in [-0.05, 0) is 30.2 Å². The van der Waals surface area contributed by atoms with Gasteiger partial charge in [0.05, 0.1) is 0 Å². The van der Waals surface area contributed by atoms with Crippen LogP contribution < -0.4 is 5.73 Å². The van der Waals surface area contributed by atoms with Crippen LogP contribution in [0.2, 0.25) is 0 Å². The molecular formula is C16H25NO2. The molecule has 0 aliphatic carbocycles. The summed E-state index contributed by atoms with van der Waals surface area (Å²) in [5, 5.41) is 9.68. The van der Waals surface area contributed by atoms with E-state index in [1.807, 2.05) is 30.3 Å². The molecule has 0 radical (unpaired) electrons. The fourth-order valence-electron chi connectivity index (χ4n) is 2.86. The number of carboxylic acid groups (broad SMARTS) is 1. The fourth-order valence-corrected chi connectivity index (χ4v) is 2.86. The highest BCUT2D eigenvalue weighted by atomic mass is 16.4. The van der Waals surface area contributed by atoms with E-state index in [9.17, 15) is 9.90 Å². The van der Waals surface area contributed by atoms with Crippen molar-refractivity contribution in [2.45, 2.75) is 39.0 Å². The SMILES string of the molecule is CC(C)CC(C)CC(CN)(C(=O)O)c1ccccc1. The molecule has 2 atom stereocenters. The Morgan fingerprint density at radius 1 is 1.26 bits per heavy atom. The van der Waals surface area contributed by atoms with E-state index < -0.39 is 11.4 Å². The molecule has 1 aromatic carbocycles. The molecule has 0 spiro atoms. The summed E-state index contributed by atoms with van der Waals surface area (Å²) in [6.45, 7) is 6.55. The van der Waals surface area contributed by atoms with Gasteiger partial charge in [-0.1, -0.05) is 51.1 Å². The molecule has 0 heterocycles. The summed E-state index contributed by atoms with van der Waals surface area (Å²) in [6.07, 6.45) is 1.60. The molecule has 1 rings (SSSR count). The summed E-state index contributed by atoms with van der Waals surface area (Å²) in [6, 6.07) is 9.36. The van der Waals surface area contributed by atoms with Crippen LogP contribution in [-0.4, -0.2) is 17.6 Å². The molecule has 3 heteroatoms. The Kier molecular flexibility index (Phi) is 5.55. The maximum atomic E-state index is 11.8. The van der Waals surface area contributed by atoms with Gasteiger partial charge >= 0.3 is 5.97 Å². The van der Waals surface area contributed by atoms with Crippen molar-refractivity contribution in [3.05, 3.63) is 35.9 Å². The second-order valence-corrected chi connectivity index (χ2v) is 5.90. The van der Waals surface area contributed by atoms with Gasteiger partial charge in [0.1, 0.15) is 5.41 Å². The van der Waals surface area contributed by atoms with Gasteiger partial charge in [0.25, 0.3) is 0 Å².